The molecule has 1 aliphatic heterocycles. The number of thiazole rings is 1. The molecule has 0 bridgehead atoms. The van der Waals surface area contributed by atoms with Crippen LogP contribution in [0.4, 0.5) is 5.13 Å². The van der Waals surface area contributed by atoms with Gasteiger partial charge < -0.3 is 15.1 Å². The third kappa shape index (κ3) is 3.68. The van der Waals surface area contributed by atoms with E-state index in [2.05, 4.69) is 48.4 Å². The van der Waals surface area contributed by atoms with E-state index >= 15 is 0 Å². The van der Waals surface area contributed by atoms with Gasteiger partial charge in [0.25, 0.3) is 0 Å². The number of nitrogens with one attached hydrogen (secondary N) is 1. The van der Waals surface area contributed by atoms with Crippen molar-refractivity contribution in [2.75, 3.05) is 38.6 Å². The number of nitrogens with zero attached hydrogens (tertiary/aromatic N) is 3. The molecule has 0 spiro atoms. The lowest BCUT2D eigenvalue weighted by molar-refractivity contribution is 0.258. The highest BCUT2D eigenvalue weighted by atomic mass is 32.1. The summed E-state index contributed by atoms with van der Waals surface area (Å²) in [5.74, 6) is 0. The molecule has 0 radical (unpaired) electrons. The number of rotatable bonds is 5. The second-order valence-corrected chi connectivity index (χ2v) is 6.38. The molecular weight excluding hydrogens is 256 g/mol. The van der Waals surface area contributed by atoms with Gasteiger partial charge in [-0.2, -0.15) is 0 Å². The van der Waals surface area contributed by atoms with Crippen molar-refractivity contribution in [2.24, 2.45) is 0 Å². The number of anilines is 1. The third-order valence-electron chi connectivity index (χ3n) is 3.86. The molecule has 1 saturated heterocycles. The molecule has 0 aromatic carbocycles. The first kappa shape index (κ1) is 14.8. The van der Waals surface area contributed by atoms with Crippen LogP contribution in [-0.4, -0.2) is 49.7 Å². The Balaban J connectivity index is 2.01. The molecule has 2 atom stereocenters. The van der Waals surface area contributed by atoms with Crippen LogP contribution in [0.15, 0.2) is 5.38 Å². The van der Waals surface area contributed by atoms with Gasteiger partial charge in [-0.25, -0.2) is 4.98 Å². The highest BCUT2D eigenvalue weighted by Crippen LogP contribution is 2.27. The summed E-state index contributed by atoms with van der Waals surface area (Å²) >= 11 is 1.78. The number of likely N-dealkylation sites (N-methyl/N-ethyl adjacent to an activating group) is 1. The molecule has 5 heteroatoms. The Morgan fingerprint density at radius 1 is 1.58 bits per heavy atom. The van der Waals surface area contributed by atoms with E-state index in [0.29, 0.717) is 12.1 Å². The SMILES string of the molecule is CCNC(C)c1csc(N2CCCC(N(C)C)C2)n1. The molecule has 2 rings (SSSR count). The molecule has 0 aliphatic carbocycles. The molecule has 1 aliphatic rings. The fourth-order valence-corrected chi connectivity index (χ4v) is 3.54. The predicted octanol–water partition coefficient (Wildman–Crippen LogP) is 2.34. The molecule has 2 unspecified atom stereocenters. The maximum atomic E-state index is 4.81. The van der Waals surface area contributed by atoms with Gasteiger partial charge in [0.1, 0.15) is 0 Å². The van der Waals surface area contributed by atoms with E-state index in [1.54, 1.807) is 11.3 Å². The lowest BCUT2D eigenvalue weighted by Gasteiger charge is -2.36. The van der Waals surface area contributed by atoms with Crippen molar-refractivity contribution in [3.63, 3.8) is 0 Å². The Hall–Kier alpha value is -0.650. The zero-order chi connectivity index (χ0) is 13.8. The van der Waals surface area contributed by atoms with E-state index in [1.807, 2.05) is 0 Å². The maximum absolute atomic E-state index is 4.81. The molecule has 108 valence electrons. The first-order chi connectivity index (χ1) is 9.11. The summed E-state index contributed by atoms with van der Waals surface area (Å²) in [5.41, 5.74) is 1.17. The van der Waals surface area contributed by atoms with Crippen LogP contribution in [0.3, 0.4) is 0 Å². The monoisotopic (exact) mass is 282 g/mol. The Morgan fingerprint density at radius 2 is 2.37 bits per heavy atom. The summed E-state index contributed by atoms with van der Waals surface area (Å²) in [6.07, 6.45) is 2.57. The van der Waals surface area contributed by atoms with Gasteiger partial charge >= 0.3 is 0 Å². The lowest BCUT2D eigenvalue weighted by Crippen LogP contribution is -2.45. The fraction of sp³-hybridized carbons (Fsp3) is 0.786. The van der Waals surface area contributed by atoms with Gasteiger partial charge in [0.05, 0.1) is 5.69 Å². The number of hydrogen-bond donors (Lipinski definition) is 1. The zero-order valence-electron chi connectivity index (χ0n) is 12.5. The van der Waals surface area contributed by atoms with Crippen molar-refractivity contribution in [3.05, 3.63) is 11.1 Å². The average Bonchev–Trinajstić information content (AvgIpc) is 2.89. The van der Waals surface area contributed by atoms with Crippen LogP contribution < -0.4 is 10.2 Å². The Labute approximate surface area is 120 Å². The standard InChI is InChI=1S/C14H26N4S/c1-5-15-11(2)13-10-19-14(16-13)18-8-6-7-12(9-18)17(3)4/h10-12,15H,5-9H2,1-4H3. The maximum Gasteiger partial charge on any atom is 0.185 e. The first-order valence-corrected chi connectivity index (χ1v) is 8.10. The third-order valence-corrected chi connectivity index (χ3v) is 4.78. The summed E-state index contributed by atoms with van der Waals surface area (Å²) in [7, 11) is 4.35. The van der Waals surface area contributed by atoms with Crippen molar-refractivity contribution >= 4 is 16.5 Å². The van der Waals surface area contributed by atoms with Crippen molar-refractivity contribution < 1.29 is 0 Å². The summed E-state index contributed by atoms with van der Waals surface area (Å²) in [4.78, 5) is 9.59. The molecule has 0 amide bonds. The van der Waals surface area contributed by atoms with Crippen molar-refractivity contribution in [3.8, 4) is 0 Å². The van der Waals surface area contributed by atoms with Crippen LogP contribution >= 0.6 is 11.3 Å². The lowest BCUT2D eigenvalue weighted by atomic mass is 10.1. The van der Waals surface area contributed by atoms with Crippen LogP contribution in [0.25, 0.3) is 0 Å². The average molecular weight is 282 g/mol. The zero-order valence-corrected chi connectivity index (χ0v) is 13.3. The normalized spacial score (nSPS) is 21.9. The van der Waals surface area contributed by atoms with Crippen LogP contribution in [-0.2, 0) is 0 Å². The summed E-state index contributed by atoms with van der Waals surface area (Å²) < 4.78 is 0. The minimum absolute atomic E-state index is 0.351. The van der Waals surface area contributed by atoms with Gasteiger partial charge in [-0.15, -0.1) is 11.3 Å². The Morgan fingerprint density at radius 3 is 3.05 bits per heavy atom. The molecule has 4 nitrogen and oxygen atoms in total. The van der Waals surface area contributed by atoms with Gasteiger partial charge in [-0.1, -0.05) is 6.92 Å². The van der Waals surface area contributed by atoms with Crippen molar-refractivity contribution in [1.82, 2.24) is 15.2 Å². The van der Waals surface area contributed by atoms with Gasteiger partial charge in [-0.05, 0) is 40.4 Å². The van der Waals surface area contributed by atoms with E-state index in [-0.39, 0.29) is 0 Å². The molecule has 0 saturated carbocycles. The van der Waals surface area contributed by atoms with E-state index in [4.69, 9.17) is 4.98 Å². The first-order valence-electron chi connectivity index (χ1n) is 7.22. The summed E-state index contributed by atoms with van der Waals surface area (Å²) in [6, 6.07) is 1.01. The molecule has 19 heavy (non-hydrogen) atoms. The number of piperidine rings is 1. The molecule has 1 fully saturated rings. The molecule has 2 heterocycles. The fourth-order valence-electron chi connectivity index (χ4n) is 2.58. The van der Waals surface area contributed by atoms with Gasteiger partial charge in [-0.3, -0.25) is 0 Å². The topological polar surface area (TPSA) is 31.4 Å². The second-order valence-electron chi connectivity index (χ2n) is 5.54. The number of hydrogen-bond acceptors (Lipinski definition) is 5. The van der Waals surface area contributed by atoms with Crippen molar-refractivity contribution in [2.45, 2.75) is 38.8 Å². The molecule has 1 aromatic rings. The number of aromatic nitrogens is 1. The smallest absolute Gasteiger partial charge is 0.185 e. The molecule has 1 N–H and O–H groups in total. The highest BCUT2D eigenvalue weighted by Gasteiger charge is 2.23. The minimum atomic E-state index is 0.351. The Bertz CT molecular complexity index is 391. The van der Waals surface area contributed by atoms with E-state index in [0.717, 1.165) is 19.6 Å². The van der Waals surface area contributed by atoms with Crippen LogP contribution in [0.1, 0.15) is 38.4 Å². The van der Waals surface area contributed by atoms with Crippen LogP contribution in [0, 0.1) is 0 Å². The quantitative estimate of drug-likeness (QED) is 0.898. The van der Waals surface area contributed by atoms with E-state index < -0.39 is 0 Å². The molecular formula is C14H26N4S. The van der Waals surface area contributed by atoms with Gasteiger partial charge in [0, 0.05) is 30.6 Å². The Kier molecular flexibility index (Phi) is 5.19. The predicted molar refractivity (Wildman–Crippen MR) is 83.1 cm³/mol. The van der Waals surface area contributed by atoms with Gasteiger partial charge in [0.15, 0.2) is 5.13 Å². The molecule has 1 aromatic heterocycles. The van der Waals surface area contributed by atoms with Crippen LogP contribution in [0.2, 0.25) is 0 Å². The van der Waals surface area contributed by atoms with Crippen molar-refractivity contribution in [1.29, 1.82) is 0 Å². The van der Waals surface area contributed by atoms with E-state index in [1.165, 1.54) is 23.7 Å². The minimum Gasteiger partial charge on any atom is -0.347 e. The summed E-state index contributed by atoms with van der Waals surface area (Å²) in [5, 5.41) is 6.81. The van der Waals surface area contributed by atoms with Crippen LogP contribution in [0.5, 0.6) is 0 Å². The summed E-state index contributed by atoms with van der Waals surface area (Å²) in [6.45, 7) is 7.56. The van der Waals surface area contributed by atoms with Gasteiger partial charge in [0.2, 0.25) is 0 Å². The highest BCUT2D eigenvalue weighted by molar-refractivity contribution is 7.13. The second kappa shape index (κ2) is 6.68. The largest absolute Gasteiger partial charge is 0.347 e. The van der Waals surface area contributed by atoms with E-state index in [9.17, 15) is 0 Å².